The van der Waals surface area contributed by atoms with Crippen molar-refractivity contribution in [2.75, 3.05) is 0 Å². The molecule has 0 aromatic heterocycles. The van der Waals surface area contributed by atoms with Gasteiger partial charge in [-0.25, -0.2) is 9.18 Å². The molecule has 3 nitrogen and oxygen atoms in total. The number of benzene rings is 1. The van der Waals surface area contributed by atoms with Gasteiger partial charge in [0.25, 0.3) is 0 Å². The van der Waals surface area contributed by atoms with E-state index in [2.05, 4.69) is 0 Å². The summed E-state index contributed by atoms with van der Waals surface area (Å²) in [6.07, 6.45) is -1.74. The predicted octanol–water partition coefficient (Wildman–Crippen LogP) is 1.60. The molecule has 1 aromatic carbocycles. The van der Waals surface area contributed by atoms with Crippen molar-refractivity contribution >= 4 is 17.6 Å². The Kier molecular flexibility index (Phi) is 2.85. The van der Waals surface area contributed by atoms with E-state index in [1.807, 2.05) is 0 Å². The summed E-state index contributed by atoms with van der Waals surface area (Å²) < 4.78 is 12.7. The van der Waals surface area contributed by atoms with Crippen molar-refractivity contribution in [2.24, 2.45) is 0 Å². The molecule has 1 aromatic rings. The number of aliphatic hydroxyl groups excluding tert-OH is 1. The summed E-state index contributed by atoms with van der Waals surface area (Å²) in [6.45, 7) is 0. The second-order valence-corrected chi connectivity index (χ2v) is 2.88. The topological polar surface area (TPSA) is 57.5 Å². The van der Waals surface area contributed by atoms with Crippen LogP contribution in [0.2, 0.25) is 5.02 Å². The first-order chi connectivity index (χ1) is 6.00. The van der Waals surface area contributed by atoms with E-state index in [0.29, 0.717) is 0 Å². The molecule has 0 aliphatic carbocycles. The highest BCUT2D eigenvalue weighted by molar-refractivity contribution is 6.30. The number of hydrogen-bond donors (Lipinski definition) is 2. The van der Waals surface area contributed by atoms with Crippen LogP contribution < -0.4 is 0 Å². The van der Waals surface area contributed by atoms with Crippen LogP contribution in [0.25, 0.3) is 0 Å². The fourth-order valence-corrected chi connectivity index (χ4v) is 1.11. The van der Waals surface area contributed by atoms with Crippen molar-refractivity contribution in [2.45, 2.75) is 6.10 Å². The van der Waals surface area contributed by atoms with Gasteiger partial charge in [-0.05, 0) is 23.8 Å². The molecule has 1 atom stereocenters. The Balaban J connectivity index is 3.07. The standard InChI is InChI=1S/C8H6ClFO3/c9-5-1-4(2-6(10)3-5)7(11)8(12)13/h1-3,7,11H,(H,12,13). The average Bonchev–Trinajstić information content (AvgIpc) is 2.01. The first kappa shape index (κ1) is 9.95. The van der Waals surface area contributed by atoms with Crippen LogP contribution in [0.3, 0.4) is 0 Å². The van der Waals surface area contributed by atoms with Crippen molar-refractivity contribution in [3.05, 3.63) is 34.6 Å². The minimum absolute atomic E-state index is 0.0512. The van der Waals surface area contributed by atoms with Crippen molar-refractivity contribution in [1.82, 2.24) is 0 Å². The molecule has 0 saturated carbocycles. The summed E-state index contributed by atoms with van der Waals surface area (Å²) in [4.78, 5) is 10.3. The van der Waals surface area contributed by atoms with E-state index in [1.54, 1.807) is 0 Å². The van der Waals surface area contributed by atoms with Crippen molar-refractivity contribution in [3.8, 4) is 0 Å². The van der Waals surface area contributed by atoms with Gasteiger partial charge in [-0.3, -0.25) is 0 Å². The van der Waals surface area contributed by atoms with Crippen LogP contribution in [0.4, 0.5) is 4.39 Å². The predicted molar refractivity (Wildman–Crippen MR) is 44.0 cm³/mol. The van der Waals surface area contributed by atoms with Gasteiger partial charge in [0, 0.05) is 5.02 Å². The number of halogens is 2. The molecule has 0 aliphatic heterocycles. The molecule has 1 unspecified atom stereocenters. The maximum absolute atomic E-state index is 12.7. The molecule has 0 amide bonds. The highest BCUT2D eigenvalue weighted by Crippen LogP contribution is 2.19. The monoisotopic (exact) mass is 204 g/mol. The summed E-state index contributed by atoms with van der Waals surface area (Å²) in [7, 11) is 0. The number of rotatable bonds is 2. The van der Waals surface area contributed by atoms with Crippen molar-refractivity contribution < 1.29 is 19.4 Å². The third-order valence-corrected chi connectivity index (χ3v) is 1.65. The van der Waals surface area contributed by atoms with E-state index in [4.69, 9.17) is 21.8 Å². The molecule has 5 heteroatoms. The lowest BCUT2D eigenvalue weighted by Crippen LogP contribution is -2.10. The molecule has 0 radical (unpaired) electrons. The fourth-order valence-electron chi connectivity index (χ4n) is 0.876. The summed E-state index contributed by atoms with van der Waals surface area (Å²) >= 11 is 5.45. The zero-order valence-electron chi connectivity index (χ0n) is 6.37. The van der Waals surface area contributed by atoms with Gasteiger partial charge in [0.15, 0.2) is 6.10 Å². The molecule has 0 aliphatic rings. The zero-order valence-corrected chi connectivity index (χ0v) is 7.12. The van der Waals surface area contributed by atoms with Gasteiger partial charge in [-0.1, -0.05) is 11.6 Å². The van der Waals surface area contributed by atoms with Crippen LogP contribution in [0.15, 0.2) is 18.2 Å². The molecular formula is C8H6ClFO3. The van der Waals surface area contributed by atoms with E-state index in [1.165, 1.54) is 6.07 Å². The van der Waals surface area contributed by atoms with E-state index < -0.39 is 17.9 Å². The highest BCUT2D eigenvalue weighted by atomic mass is 35.5. The van der Waals surface area contributed by atoms with Gasteiger partial charge in [-0.15, -0.1) is 0 Å². The molecule has 13 heavy (non-hydrogen) atoms. The molecule has 2 N–H and O–H groups in total. The summed E-state index contributed by atoms with van der Waals surface area (Å²) in [6, 6.07) is 3.15. The molecule has 0 fully saturated rings. The van der Waals surface area contributed by atoms with Crippen molar-refractivity contribution in [3.63, 3.8) is 0 Å². The second-order valence-electron chi connectivity index (χ2n) is 2.44. The Morgan fingerprint density at radius 2 is 2.08 bits per heavy atom. The Labute approximate surface area is 78.4 Å². The Morgan fingerprint density at radius 3 is 2.54 bits per heavy atom. The molecule has 0 spiro atoms. The van der Waals surface area contributed by atoms with E-state index in [-0.39, 0.29) is 10.6 Å². The summed E-state index contributed by atoms with van der Waals surface area (Å²) in [5.41, 5.74) is -0.0718. The largest absolute Gasteiger partial charge is 0.479 e. The second kappa shape index (κ2) is 3.72. The lowest BCUT2D eigenvalue weighted by atomic mass is 10.1. The number of carboxylic acid groups (broad SMARTS) is 1. The van der Waals surface area contributed by atoms with E-state index in [9.17, 15) is 9.18 Å². The Bertz CT molecular complexity index is 320. The van der Waals surface area contributed by atoms with Gasteiger partial charge in [0.2, 0.25) is 0 Å². The van der Waals surface area contributed by atoms with Gasteiger partial charge >= 0.3 is 5.97 Å². The number of carboxylic acids is 1. The smallest absolute Gasteiger partial charge is 0.337 e. The minimum atomic E-state index is -1.74. The first-order valence-electron chi connectivity index (χ1n) is 3.37. The number of hydrogen-bond acceptors (Lipinski definition) is 2. The van der Waals surface area contributed by atoms with Gasteiger partial charge in [0.05, 0.1) is 0 Å². The van der Waals surface area contributed by atoms with E-state index >= 15 is 0 Å². The van der Waals surface area contributed by atoms with Crippen LogP contribution in [-0.4, -0.2) is 16.2 Å². The SMILES string of the molecule is O=C(O)C(O)c1cc(F)cc(Cl)c1. The molecular weight excluding hydrogens is 199 g/mol. The maximum atomic E-state index is 12.7. The average molecular weight is 205 g/mol. The zero-order chi connectivity index (χ0) is 10.0. The van der Waals surface area contributed by atoms with Gasteiger partial charge < -0.3 is 10.2 Å². The molecule has 0 heterocycles. The lowest BCUT2D eigenvalue weighted by molar-refractivity contribution is -0.146. The van der Waals surface area contributed by atoms with Crippen LogP contribution in [0.1, 0.15) is 11.7 Å². The molecule has 70 valence electrons. The fraction of sp³-hybridized carbons (Fsp3) is 0.125. The van der Waals surface area contributed by atoms with E-state index in [0.717, 1.165) is 12.1 Å². The first-order valence-corrected chi connectivity index (χ1v) is 3.75. The third kappa shape index (κ3) is 2.40. The summed E-state index contributed by atoms with van der Waals surface area (Å²) in [5, 5.41) is 17.5. The number of carbonyl (C=O) groups is 1. The summed E-state index contributed by atoms with van der Waals surface area (Å²) in [5.74, 6) is -2.12. The van der Waals surface area contributed by atoms with Gasteiger partial charge in [0.1, 0.15) is 5.82 Å². The molecule has 0 bridgehead atoms. The normalized spacial score (nSPS) is 12.5. The van der Waals surface area contributed by atoms with Crippen LogP contribution in [0, 0.1) is 5.82 Å². The van der Waals surface area contributed by atoms with Crippen molar-refractivity contribution in [1.29, 1.82) is 0 Å². The van der Waals surface area contributed by atoms with Crippen LogP contribution in [-0.2, 0) is 4.79 Å². The number of aliphatic hydroxyl groups is 1. The van der Waals surface area contributed by atoms with Crippen LogP contribution in [0.5, 0.6) is 0 Å². The van der Waals surface area contributed by atoms with Crippen LogP contribution >= 0.6 is 11.6 Å². The Morgan fingerprint density at radius 1 is 1.46 bits per heavy atom. The lowest BCUT2D eigenvalue weighted by Gasteiger charge is -2.05. The molecule has 1 rings (SSSR count). The third-order valence-electron chi connectivity index (χ3n) is 1.43. The Hall–Kier alpha value is -1.13. The molecule has 0 saturated heterocycles. The highest BCUT2D eigenvalue weighted by Gasteiger charge is 2.16. The minimum Gasteiger partial charge on any atom is -0.479 e. The quantitative estimate of drug-likeness (QED) is 0.769. The number of aliphatic carboxylic acids is 1. The maximum Gasteiger partial charge on any atom is 0.337 e. The van der Waals surface area contributed by atoms with Gasteiger partial charge in [-0.2, -0.15) is 0 Å².